The Bertz CT molecular complexity index is 2930. The van der Waals surface area contributed by atoms with Gasteiger partial charge in [-0.1, -0.05) is 97.1 Å². The quantitative estimate of drug-likeness (QED) is 0.154. The zero-order chi connectivity index (χ0) is 37.6. The molecule has 8 aromatic carbocycles. The van der Waals surface area contributed by atoms with Gasteiger partial charge in [0.1, 0.15) is 11.2 Å². The first-order valence-electron chi connectivity index (χ1n) is 18.3. The first kappa shape index (κ1) is 32.6. The van der Waals surface area contributed by atoms with Gasteiger partial charge in [0.15, 0.2) is 16.9 Å². The maximum Gasteiger partial charge on any atom is 0.187 e. The van der Waals surface area contributed by atoms with E-state index in [0.29, 0.717) is 11.3 Å². The Morgan fingerprint density at radius 2 is 0.821 bits per heavy atom. The van der Waals surface area contributed by atoms with Crippen LogP contribution in [-0.2, 0) is 0 Å². The molecule has 0 atom stereocenters. The zero-order valence-electron chi connectivity index (χ0n) is 29.9. The minimum absolute atomic E-state index is 0.585. The lowest BCUT2D eigenvalue weighted by atomic mass is 10.0. The lowest BCUT2D eigenvalue weighted by Crippen LogP contribution is -2.10. The predicted octanol–water partition coefficient (Wildman–Crippen LogP) is 14.5. The van der Waals surface area contributed by atoms with Crippen LogP contribution in [0.1, 0.15) is 5.56 Å². The van der Waals surface area contributed by atoms with Gasteiger partial charge < -0.3 is 18.6 Å². The van der Waals surface area contributed by atoms with Crippen LogP contribution >= 0.6 is 0 Å². The molecule has 0 unspecified atom stereocenters. The smallest absolute Gasteiger partial charge is 0.187 e. The van der Waals surface area contributed by atoms with Crippen molar-refractivity contribution in [2.45, 2.75) is 0 Å². The largest absolute Gasteiger partial charge is 0.454 e. The molecule has 0 aliphatic rings. The minimum Gasteiger partial charge on any atom is -0.454 e. The van der Waals surface area contributed by atoms with Crippen molar-refractivity contribution in [3.8, 4) is 17.2 Å². The topological polar surface area (TPSA) is 60.9 Å². The summed E-state index contributed by atoms with van der Waals surface area (Å²) in [5.41, 5.74) is 12.1. The highest BCUT2D eigenvalue weighted by atomic mass is 16.3. The maximum absolute atomic E-state index is 9.52. The molecule has 0 saturated heterocycles. The Balaban J connectivity index is 1.04. The second kappa shape index (κ2) is 13.4. The summed E-state index contributed by atoms with van der Waals surface area (Å²) in [7, 11) is 0. The lowest BCUT2D eigenvalue weighted by molar-refractivity contribution is 0.668. The number of anilines is 6. The van der Waals surface area contributed by atoms with Gasteiger partial charge in [-0.25, -0.2) is 4.85 Å². The van der Waals surface area contributed by atoms with Gasteiger partial charge in [0.25, 0.3) is 0 Å². The molecule has 0 amide bonds. The molecule has 2 aromatic heterocycles. The van der Waals surface area contributed by atoms with Crippen molar-refractivity contribution in [2.75, 3.05) is 9.80 Å². The average molecular weight is 719 g/mol. The van der Waals surface area contributed by atoms with Crippen LogP contribution in [0, 0.1) is 17.9 Å². The van der Waals surface area contributed by atoms with Crippen LogP contribution in [0.25, 0.3) is 59.8 Å². The summed E-state index contributed by atoms with van der Waals surface area (Å²) in [5.74, 6) is 0. The first-order chi connectivity index (χ1) is 27.7. The highest BCUT2D eigenvalue weighted by Gasteiger charge is 2.21. The Hall–Kier alpha value is -8.06. The van der Waals surface area contributed by atoms with Crippen molar-refractivity contribution < 1.29 is 8.83 Å². The predicted molar refractivity (Wildman–Crippen MR) is 227 cm³/mol. The Labute approximate surface area is 322 Å². The second-order valence-electron chi connectivity index (χ2n) is 13.6. The fourth-order valence-electron chi connectivity index (χ4n) is 7.64. The fourth-order valence-corrected chi connectivity index (χ4v) is 7.64. The number of furan rings is 2. The van der Waals surface area contributed by atoms with Crippen LogP contribution in [0.4, 0.5) is 39.8 Å². The molecule has 0 spiro atoms. The monoisotopic (exact) mass is 718 g/mol. The molecule has 0 bridgehead atoms. The van der Waals surface area contributed by atoms with E-state index >= 15 is 0 Å². The van der Waals surface area contributed by atoms with E-state index in [4.69, 9.17) is 15.4 Å². The normalized spacial score (nSPS) is 11.2. The number of nitriles is 1. The third kappa shape index (κ3) is 5.50. The summed E-state index contributed by atoms with van der Waals surface area (Å²) in [4.78, 5) is 7.97. The van der Waals surface area contributed by atoms with E-state index in [9.17, 15) is 5.26 Å². The number of nitrogens with zero attached hydrogens (tertiary/aromatic N) is 4. The van der Waals surface area contributed by atoms with E-state index in [0.717, 1.165) is 89.1 Å². The van der Waals surface area contributed by atoms with Crippen molar-refractivity contribution in [1.82, 2.24) is 0 Å². The van der Waals surface area contributed by atoms with Crippen molar-refractivity contribution in [1.29, 1.82) is 5.26 Å². The van der Waals surface area contributed by atoms with Gasteiger partial charge in [-0.2, -0.15) is 5.26 Å². The van der Waals surface area contributed by atoms with Crippen molar-refractivity contribution in [2.24, 2.45) is 0 Å². The Morgan fingerprint density at radius 3 is 1.25 bits per heavy atom. The average Bonchev–Trinajstić information content (AvgIpc) is 3.85. The highest BCUT2D eigenvalue weighted by Crippen LogP contribution is 2.44. The summed E-state index contributed by atoms with van der Waals surface area (Å²) >= 11 is 0. The molecule has 262 valence electrons. The first-order valence-corrected chi connectivity index (χ1v) is 18.3. The summed E-state index contributed by atoms with van der Waals surface area (Å²) in [6, 6.07) is 63.2. The van der Waals surface area contributed by atoms with E-state index in [1.165, 1.54) is 0 Å². The molecule has 0 fully saturated rings. The molecular formula is C50H30N4O2. The van der Waals surface area contributed by atoms with Crippen LogP contribution < -0.4 is 9.80 Å². The van der Waals surface area contributed by atoms with Gasteiger partial charge in [0, 0.05) is 44.3 Å². The van der Waals surface area contributed by atoms with E-state index in [1.54, 1.807) is 0 Å². The van der Waals surface area contributed by atoms with Gasteiger partial charge >= 0.3 is 0 Å². The lowest BCUT2D eigenvalue weighted by Gasteiger charge is -2.26. The molecular weight excluding hydrogens is 689 g/mol. The fraction of sp³-hybridized carbons (Fsp3) is 0. The third-order valence-corrected chi connectivity index (χ3v) is 10.3. The van der Waals surface area contributed by atoms with Crippen LogP contribution in [0.3, 0.4) is 0 Å². The molecule has 0 N–H and O–H groups in total. The second-order valence-corrected chi connectivity index (χ2v) is 13.6. The molecule has 0 saturated carbocycles. The summed E-state index contributed by atoms with van der Waals surface area (Å²) in [6.45, 7) is 7.50. The van der Waals surface area contributed by atoms with Crippen molar-refractivity contribution in [3.05, 3.63) is 199 Å². The molecule has 10 aromatic rings. The number of rotatable bonds is 7. The minimum atomic E-state index is 0.585. The van der Waals surface area contributed by atoms with Gasteiger partial charge in [0.05, 0.1) is 29.6 Å². The molecule has 2 heterocycles. The van der Waals surface area contributed by atoms with E-state index in [2.05, 4.69) is 118 Å². The Kier molecular flexibility index (Phi) is 7.80. The molecule has 10 rings (SSSR count). The summed E-state index contributed by atoms with van der Waals surface area (Å²) in [6.07, 6.45) is 0. The van der Waals surface area contributed by atoms with E-state index in [-0.39, 0.29) is 0 Å². The summed E-state index contributed by atoms with van der Waals surface area (Å²) < 4.78 is 12.9. The van der Waals surface area contributed by atoms with Gasteiger partial charge in [-0.05, 0) is 96.1 Å². The molecule has 0 aliphatic carbocycles. The highest BCUT2D eigenvalue weighted by molar-refractivity contribution is 6.11. The van der Waals surface area contributed by atoms with Gasteiger partial charge in [-0.3, -0.25) is 0 Å². The Morgan fingerprint density at radius 1 is 0.429 bits per heavy atom. The van der Waals surface area contributed by atoms with Crippen molar-refractivity contribution in [3.63, 3.8) is 0 Å². The van der Waals surface area contributed by atoms with Gasteiger partial charge in [0.2, 0.25) is 0 Å². The van der Waals surface area contributed by atoms with Crippen LogP contribution in [0.5, 0.6) is 0 Å². The van der Waals surface area contributed by atoms with Crippen LogP contribution in [0.2, 0.25) is 0 Å². The van der Waals surface area contributed by atoms with Gasteiger partial charge in [-0.15, -0.1) is 0 Å². The van der Waals surface area contributed by atoms with Crippen LogP contribution in [0.15, 0.2) is 191 Å². The number of fused-ring (bicyclic) bond motifs is 6. The van der Waals surface area contributed by atoms with E-state index < -0.39 is 0 Å². The number of hydrogen-bond donors (Lipinski definition) is 0. The number of hydrogen-bond acceptors (Lipinski definition) is 5. The number of benzene rings is 8. The standard InChI is InChI=1S/C50H30N4O2/c1-52-36-22-30-40(31-23-36)54(46-13-7-11-44-42-9-3-5-15-48(42)56-50(44)46)39-28-20-35(21-29-39)34-18-26-38(27-19-34)53(37-24-16-33(32-51)17-25-37)45-12-6-10-43-41-8-2-4-14-47(41)55-49(43)45/h2-31H. The zero-order valence-corrected chi connectivity index (χ0v) is 29.9. The SMILES string of the molecule is [C-]#[N+]c1ccc(N(c2ccc(-c3ccc(N(c4ccc(C#N)cc4)c4cccc5c4oc4ccccc45)cc3)cc2)c2cccc3c2oc2ccccc23)cc1. The molecule has 6 nitrogen and oxygen atoms in total. The third-order valence-electron chi connectivity index (χ3n) is 10.3. The molecule has 56 heavy (non-hydrogen) atoms. The van der Waals surface area contributed by atoms with Crippen LogP contribution in [-0.4, -0.2) is 0 Å². The molecule has 0 radical (unpaired) electrons. The maximum atomic E-state index is 9.52. The van der Waals surface area contributed by atoms with Crippen molar-refractivity contribution >= 4 is 83.7 Å². The molecule has 6 heteroatoms. The van der Waals surface area contributed by atoms with E-state index in [1.807, 2.05) is 84.9 Å². The number of para-hydroxylation sites is 4. The summed E-state index contributed by atoms with van der Waals surface area (Å²) in [5, 5.41) is 13.7. The molecule has 0 aliphatic heterocycles.